The summed E-state index contributed by atoms with van der Waals surface area (Å²) in [5.74, 6) is 1.29. The molecule has 4 aromatic rings. The van der Waals surface area contributed by atoms with Crippen LogP contribution in [-0.4, -0.2) is 43.1 Å². The SMILES string of the molecule is Clc1ccc2c(c1)-c1[nH]ncc1Cc1c(-c3nc(C4CCOC4)no3)ncn1-2. The number of H-pyrrole nitrogens is 1. The lowest BCUT2D eigenvalue weighted by Crippen LogP contribution is -2.01. The second kappa shape index (κ2) is 6.02. The van der Waals surface area contributed by atoms with Gasteiger partial charge in [-0.25, -0.2) is 4.98 Å². The summed E-state index contributed by atoms with van der Waals surface area (Å²) in [7, 11) is 0. The molecule has 0 spiro atoms. The Bertz CT molecular complexity index is 1190. The molecule has 1 unspecified atom stereocenters. The van der Waals surface area contributed by atoms with Gasteiger partial charge in [-0.3, -0.25) is 5.10 Å². The maximum Gasteiger partial charge on any atom is 0.278 e. The number of halogens is 1. The minimum Gasteiger partial charge on any atom is -0.381 e. The molecule has 28 heavy (non-hydrogen) atoms. The molecular weight excluding hydrogens is 380 g/mol. The lowest BCUT2D eigenvalue weighted by atomic mass is 10.0. The van der Waals surface area contributed by atoms with E-state index >= 15 is 0 Å². The van der Waals surface area contributed by atoms with Crippen molar-refractivity contribution in [2.45, 2.75) is 18.8 Å². The normalized spacial score (nSPS) is 17.8. The zero-order chi connectivity index (χ0) is 18.7. The van der Waals surface area contributed by atoms with Gasteiger partial charge in [0, 0.05) is 35.1 Å². The molecule has 8 nitrogen and oxygen atoms in total. The molecule has 0 amide bonds. The summed E-state index contributed by atoms with van der Waals surface area (Å²) in [6.45, 7) is 1.36. The van der Waals surface area contributed by atoms with Crippen LogP contribution >= 0.6 is 11.6 Å². The quantitative estimate of drug-likeness (QED) is 0.493. The van der Waals surface area contributed by atoms with Crippen LogP contribution in [0.3, 0.4) is 0 Å². The molecule has 2 aliphatic heterocycles. The third-order valence-electron chi connectivity index (χ3n) is 5.37. The summed E-state index contributed by atoms with van der Waals surface area (Å²) < 4.78 is 13.1. The highest BCUT2D eigenvalue weighted by Crippen LogP contribution is 2.38. The number of nitrogens with one attached hydrogen (secondary N) is 1. The van der Waals surface area contributed by atoms with Gasteiger partial charge in [-0.05, 0) is 24.6 Å². The van der Waals surface area contributed by atoms with Gasteiger partial charge in [0.15, 0.2) is 11.5 Å². The van der Waals surface area contributed by atoms with Crippen LogP contribution in [0.2, 0.25) is 5.02 Å². The lowest BCUT2D eigenvalue weighted by molar-refractivity contribution is 0.192. The second-order valence-electron chi connectivity index (χ2n) is 7.04. The highest BCUT2D eigenvalue weighted by molar-refractivity contribution is 6.31. The summed E-state index contributed by atoms with van der Waals surface area (Å²) in [5, 5.41) is 12.2. The number of hydrogen-bond donors (Lipinski definition) is 1. The standard InChI is InChI=1S/C19H15ClN6O2/c20-12-1-2-14-13(6-12)16-11(7-22-24-16)5-15-17(21-9-26(14)15)19-23-18(25-28-19)10-3-4-27-8-10/h1-2,6-7,9-10H,3-5,8H2,(H,22,24). The molecule has 1 saturated heterocycles. The van der Waals surface area contributed by atoms with Gasteiger partial charge >= 0.3 is 0 Å². The molecule has 3 aromatic heterocycles. The van der Waals surface area contributed by atoms with Gasteiger partial charge < -0.3 is 13.8 Å². The number of aromatic amines is 1. The second-order valence-corrected chi connectivity index (χ2v) is 7.47. The van der Waals surface area contributed by atoms with E-state index in [1.54, 1.807) is 6.33 Å². The minimum absolute atomic E-state index is 0.182. The monoisotopic (exact) mass is 394 g/mol. The summed E-state index contributed by atoms with van der Waals surface area (Å²) in [4.78, 5) is 9.21. The van der Waals surface area contributed by atoms with E-state index in [1.807, 2.05) is 24.4 Å². The maximum absolute atomic E-state index is 6.25. The molecule has 0 aliphatic carbocycles. The maximum atomic E-state index is 6.25. The van der Waals surface area contributed by atoms with Crippen molar-refractivity contribution in [3.8, 4) is 28.5 Å². The average molecular weight is 395 g/mol. The Morgan fingerprint density at radius 3 is 3.14 bits per heavy atom. The Hall–Kier alpha value is -2.97. The first-order valence-electron chi connectivity index (χ1n) is 9.08. The summed E-state index contributed by atoms with van der Waals surface area (Å²) in [6, 6.07) is 5.79. The highest BCUT2D eigenvalue weighted by atomic mass is 35.5. The smallest absolute Gasteiger partial charge is 0.278 e. The molecule has 1 aromatic carbocycles. The van der Waals surface area contributed by atoms with Gasteiger partial charge in [-0.1, -0.05) is 16.8 Å². The van der Waals surface area contributed by atoms with Crippen LogP contribution in [0, 0.1) is 0 Å². The Morgan fingerprint density at radius 1 is 1.29 bits per heavy atom. The van der Waals surface area contributed by atoms with E-state index in [-0.39, 0.29) is 5.92 Å². The Morgan fingerprint density at radius 2 is 2.25 bits per heavy atom. The largest absolute Gasteiger partial charge is 0.381 e. The van der Waals surface area contributed by atoms with Crippen LogP contribution in [-0.2, 0) is 11.2 Å². The van der Waals surface area contributed by atoms with Crippen molar-refractivity contribution in [3.05, 3.63) is 52.8 Å². The number of fused-ring (bicyclic) bond motifs is 5. The van der Waals surface area contributed by atoms with E-state index in [2.05, 4.69) is 29.9 Å². The molecule has 6 rings (SSSR count). The molecule has 5 heterocycles. The van der Waals surface area contributed by atoms with E-state index in [9.17, 15) is 0 Å². The first-order chi connectivity index (χ1) is 13.8. The van der Waals surface area contributed by atoms with Crippen molar-refractivity contribution in [2.75, 3.05) is 13.2 Å². The van der Waals surface area contributed by atoms with Crippen LogP contribution in [0.1, 0.15) is 29.4 Å². The van der Waals surface area contributed by atoms with E-state index in [4.69, 9.17) is 20.9 Å². The predicted octanol–water partition coefficient (Wildman–Crippen LogP) is 3.37. The third-order valence-corrected chi connectivity index (χ3v) is 5.60. The summed E-state index contributed by atoms with van der Waals surface area (Å²) in [6.07, 6.45) is 5.17. The zero-order valence-corrected chi connectivity index (χ0v) is 15.5. The first kappa shape index (κ1) is 16.0. The Balaban J connectivity index is 1.51. The molecule has 0 saturated carbocycles. The third kappa shape index (κ3) is 2.35. The van der Waals surface area contributed by atoms with Crippen LogP contribution in [0.5, 0.6) is 0 Å². The fourth-order valence-electron chi connectivity index (χ4n) is 3.94. The molecule has 1 N–H and O–H groups in total. The van der Waals surface area contributed by atoms with Crippen molar-refractivity contribution < 1.29 is 9.26 Å². The molecule has 0 bridgehead atoms. The molecule has 2 aliphatic rings. The number of ether oxygens (including phenoxy) is 1. The van der Waals surface area contributed by atoms with Gasteiger partial charge in [-0.15, -0.1) is 0 Å². The predicted molar refractivity (Wildman–Crippen MR) is 100 cm³/mol. The van der Waals surface area contributed by atoms with Crippen molar-refractivity contribution >= 4 is 11.6 Å². The first-order valence-corrected chi connectivity index (χ1v) is 9.46. The van der Waals surface area contributed by atoms with Crippen molar-refractivity contribution in [3.63, 3.8) is 0 Å². The number of benzene rings is 1. The summed E-state index contributed by atoms with van der Waals surface area (Å²) in [5.41, 5.74) is 5.64. The molecule has 0 radical (unpaired) electrons. The number of nitrogens with zero attached hydrogens (tertiary/aromatic N) is 5. The van der Waals surface area contributed by atoms with Crippen molar-refractivity contribution in [1.82, 2.24) is 29.9 Å². The van der Waals surface area contributed by atoms with Crippen molar-refractivity contribution in [1.29, 1.82) is 0 Å². The topological polar surface area (TPSA) is 94.7 Å². The Labute approximate surface area is 164 Å². The van der Waals surface area contributed by atoms with Gasteiger partial charge in [0.2, 0.25) is 0 Å². The van der Waals surface area contributed by atoms with Crippen molar-refractivity contribution in [2.24, 2.45) is 0 Å². The number of imidazole rings is 1. The molecule has 1 atom stereocenters. The van der Waals surface area contributed by atoms with E-state index in [0.29, 0.717) is 35.5 Å². The van der Waals surface area contributed by atoms with Gasteiger partial charge in [0.25, 0.3) is 5.89 Å². The zero-order valence-electron chi connectivity index (χ0n) is 14.7. The van der Waals surface area contributed by atoms with E-state index < -0.39 is 0 Å². The molecule has 140 valence electrons. The number of hydrogen-bond acceptors (Lipinski definition) is 6. The van der Waals surface area contributed by atoms with Gasteiger partial charge in [-0.2, -0.15) is 10.1 Å². The van der Waals surface area contributed by atoms with Crippen LogP contribution in [0.15, 0.2) is 35.2 Å². The van der Waals surface area contributed by atoms with Crippen LogP contribution in [0.4, 0.5) is 0 Å². The Kier molecular flexibility index (Phi) is 3.44. The molecule has 1 fully saturated rings. The number of rotatable bonds is 2. The minimum atomic E-state index is 0.182. The van der Waals surface area contributed by atoms with E-state index in [0.717, 1.165) is 41.2 Å². The summed E-state index contributed by atoms with van der Waals surface area (Å²) >= 11 is 6.25. The molecule has 9 heteroatoms. The fraction of sp³-hybridized carbons (Fsp3) is 0.263. The van der Waals surface area contributed by atoms with Gasteiger partial charge in [0.05, 0.1) is 29.9 Å². The fourth-order valence-corrected chi connectivity index (χ4v) is 4.11. The van der Waals surface area contributed by atoms with Crippen LogP contribution < -0.4 is 0 Å². The lowest BCUT2D eigenvalue weighted by Gasteiger charge is -2.09. The average Bonchev–Trinajstić information content (AvgIpc) is 3.48. The number of aromatic nitrogens is 6. The highest BCUT2D eigenvalue weighted by Gasteiger charge is 2.28. The van der Waals surface area contributed by atoms with E-state index in [1.165, 1.54) is 0 Å². The molecular formula is C19H15ClN6O2. The van der Waals surface area contributed by atoms with Gasteiger partial charge in [0.1, 0.15) is 6.33 Å². The van der Waals surface area contributed by atoms with Crippen LogP contribution in [0.25, 0.3) is 28.5 Å².